The van der Waals surface area contributed by atoms with Gasteiger partial charge in [0.2, 0.25) is 0 Å². The van der Waals surface area contributed by atoms with Crippen molar-refractivity contribution in [2.24, 2.45) is 11.8 Å². The van der Waals surface area contributed by atoms with Crippen LogP contribution >= 0.6 is 0 Å². The Kier molecular flexibility index (Phi) is 4.06. The summed E-state index contributed by atoms with van der Waals surface area (Å²) >= 11 is 0. The molecule has 2 aromatic carbocycles. The highest BCUT2D eigenvalue weighted by atomic mass is 16.3. The lowest BCUT2D eigenvalue weighted by Gasteiger charge is -2.21. The van der Waals surface area contributed by atoms with Gasteiger partial charge in [0.1, 0.15) is 5.75 Å². The third-order valence-corrected chi connectivity index (χ3v) is 5.23. The molecule has 120 valence electrons. The van der Waals surface area contributed by atoms with Gasteiger partial charge in [0.25, 0.3) is 0 Å². The monoisotopic (exact) mass is 308 g/mol. The maximum atomic E-state index is 9.38. The van der Waals surface area contributed by atoms with Crippen LogP contribution in [0.2, 0.25) is 0 Å². The molecule has 2 unspecified atom stereocenters. The molecule has 2 aromatic rings. The number of fused-ring (bicyclic) bond motifs is 1. The van der Waals surface area contributed by atoms with Gasteiger partial charge in [-0.3, -0.25) is 9.80 Å². The first kappa shape index (κ1) is 14.7. The van der Waals surface area contributed by atoms with Gasteiger partial charge >= 0.3 is 0 Å². The van der Waals surface area contributed by atoms with Gasteiger partial charge in [-0.2, -0.15) is 0 Å². The van der Waals surface area contributed by atoms with E-state index in [1.165, 1.54) is 37.3 Å². The summed E-state index contributed by atoms with van der Waals surface area (Å²) < 4.78 is 0. The number of rotatable bonds is 4. The number of phenols is 1. The van der Waals surface area contributed by atoms with Crippen molar-refractivity contribution in [2.75, 3.05) is 26.2 Å². The van der Waals surface area contributed by atoms with Crippen molar-refractivity contribution < 1.29 is 5.11 Å². The van der Waals surface area contributed by atoms with Crippen LogP contribution in [0, 0.1) is 11.8 Å². The number of aromatic hydroxyl groups is 1. The van der Waals surface area contributed by atoms with Gasteiger partial charge in [-0.15, -0.1) is 0 Å². The van der Waals surface area contributed by atoms with E-state index in [1.807, 2.05) is 12.1 Å². The minimum absolute atomic E-state index is 0.351. The van der Waals surface area contributed by atoms with E-state index in [-0.39, 0.29) is 0 Å². The number of hydrogen-bond donors (Lipinski definition) is 1. The number of nitrogens with zero attached hydrogens (tertiary/aromatic N) is 2. The Hall–Kier alpha value is -1.84. The summed E-state index contributed by atoms with van der Waals surface area (Å²) in [6.45, 7) is 6.96. The van der Waals surface area contributed by atoms with Gasteiger partial charge in [-0.1, -0.05) is 42.5 Å². The zero-order chi connectivity index (χ0) is 15.6. The summed E-state index contributed by atoms with van der Waals surface area (Å²) in [5, 5.41) is 9.38. The highest BCUT2D eigenvalue weighted by Crippen LogP contribution is 2.32. The number of benzene rings is 2. The van der Waals surface area contributed by atoms with Gasteiger partial charge < -0.3 is 5.11 Å². The highest BCUT2D eigenvalue weighted by Gasteiger charge is 2.39. The normalized spacial score (nSPS) is 24.9. The Morgan fingerprint density at radius 1 is 0.696 bits per heavy atom. The largest absolute Gasteiger partial charge is 0.508 e. The first-order valence-electron chi connectivity index (χ1n) is 8.53. The van der Waals surface area contributed by atoms with Crippen LogP contribution in [0.15, 0.2) is 54.6 Å². The second kappa shape index (κ2) is 6.34. The molecule has 0 spiro atoms. The molecule has 2 fully saturated rings. The van der Waals surface area contributed by atoms with Gasteiger partial charge in [0.15, 0.2) is 0 Å². The van der Waals surface area contributed by atoms with E-state index in [9.17, 15) is 5.11 Å². The Morgan fingerprint density at radius 2 is 1.17 bits per heavy atom. The third kappa shape index (κ3) is 3.41. The predicted octanol–water partition coefficient (Wildman–Crippen LogP) is 2.96. The molecule has 3 nitrogen and oxygen atoms in total. The average molecular weight is 308 g/mol. The topological polar surface area (TPSA) is 26.7 Å². The van der Waals surface area contributed by atoms with Crippen LogP contribution in [0.25, 0.3) is 0 Å². The van der Waals surface area contributed by atoms with Gasteiger partial charge in [-0.25, -0.2) is 0 Å². The average Bonchev–Trinajstić information content (AvgIpc) is 3.08. The molecule has 2 saturated heterocycles. The smallest absolute Gasteiger partial charge is 0.115 e. The molecule has 0 radical (unpaired) electrons. The molecule has 23 heavy (non-hydrogen) atoms. The minimum Gasteiger partial charge on any atom is -0.508 e. The standard InChI is InChI=1S/C20H24N2O/c23-20-8-6-17(7-9-20)11-22-14-18-12-21(13-19(18)15-22)10-16-4-2-1-3-5-16/h1-9,18-19,23H,10-15H2. The number of phenolic OH excluding ortho intramolecular Hbond substituents is 1. The quantitative estimate of drug-likeness (QED) is 0.941. The van der Waals surface area contributed by atoms with E-state index in [4.69, 9.17) is 0 Å². The molecule has 2 heterocycles. The van der Waals surface area contributed by atoms with E-state index in [2.05, 4.69) is 40.1 Å². The van der Waals surface area contributed by atoms with E-state index in [1.54, 1.807) is 12.1 Å². The molecule has 2 aliphatic heterocycles. The SMILES string of the molecule is Oc1ccc(CN2CC3CN(Cc4ccccc4)CC3C2)cc1. The maximum Gasteiger partial charge on any atom is 0.115 e. The van der Waals surface area contributed by atoms with Crippen LogP contribution in [0.4, 0.5) is 0 Å². The first-order valence-corrected chi connectivity index (χ1v) is 8.53. The van der Waals surface area contributed by atoms with Gasteiger partial charge in [0.05, 0.1) is 0 Å². The summed E-state index contributed by atoms with van der Waals surface area (Å²) in [7, 11) is 0. The van der Waals surface area contributed by atoms with Crippen molar-refractivity contribution in [3.05, 3.63) is 65.7 Å². The Bertz CT molecular complexity index is 626. The molecule has 0 aromatic heterocycles. The van der Waals surface area contributed by atoms with Crippen molar-refractivity contribution in [3.63, 3.8) is 0 Å². The maximum absolute atomic E-state index is 9.38. The lowest BCUT2D eigenvalue weighted by atomic mass is 10.0. The fraction of sp³-hybridized carbons (Fsp3) is 0.400. The summed E-state index contributed by atoms with van der Waals surface area (Å²) in [4.78, 5) is 5.18. The van der Waals surface area contributed by atoms with Crippen molar-refractivity contribution >= 4 is 0 Å². The molecule has 3 heteroatoms. The summed E-state index contributed by atoms with van der Waals surface area (Å²) in [6, 6.07) is 18.4. The fourth-order valence-electron chi connectivity index (χ4n) is 4.15. The van der Waals surface area contributed by atoms with E-state index in [0.717, 1.165) is 24.9 Å². The molecule has 0 saturated carbocycles. The van der Waals surface area contributed by atoms with Gasteiger partial charge in [0, 0.05) is 39.3 Å². The highest BCUT2D eigenvalue weighted by molar-refractivity contribution is 5.26. The van der Waals surface area contributed by atoms with Crippen LogP contribution in [0.5, 0.6) is 5.75 Å². The lowest BCUT2D eigenvalue weighted by Crippen LogP contribution is -2.28. The Morgan fingerprint density at radius 3 is 1.70 bits per heavy atom. The van der Waals surface area contributed by atoms with Crippen LogP contribution in [0.3, 0.4) is 0 Å². The van der Waals surface area contributed by atoms with Crippen molar-refractivity contribution in [1.82, 2.24) is 9.80 Å². The second-order valence-electron chi connectivity index (χ2n) is 7.06. The molecule has 0 bridgehead atoms. The Balaban J connectivity index is 1.30. The zero-order valence-corrected chi connectivity index (χ0v) is 13.4. The molecule has 1 N–H and O–H groups in total. The van der Waals surface area contributed by atoms with Crippen LogP contribution in [-0.4, -0.2) is 41.1 Å². The third-order valence-electron chi connectivity index (χ3n) is 5.23. The van der Waals surface area contributed by atoms with E-state index in [0.29, 0.717) is 5.75 Å². The summed E-state index contributed by atoms with van der Waals surface area (Å²) in [6.07, 6.45) is 0. The van der Waals surface area contributed by atoms with Crippen LogP contribution in [-0.2, 0) is 13.1 Å². The van der Waals surface area contributed by atoms with Crippen molar-refractivity contribution in [1.29, 1.82) is 0 Å². The molecular formula is C20H24N2O. The van der Waals surface area contributed by atoms with E-state index >= 15 is 0 Å². The molecule has 0 amide bonds. The molecule has 0 aliphatic carbocycles. The summed E-state index contributed by atoms with van der Waals surface area (Å²) in [5.41, 5.74) is 2.72. The van der Waals surface area contributed by atoms with Gasteiger partial charge in [-0.05, 0) is 35.1 Å². The van der Waals surface area contributed by atoms with Crippen molar-refractivity contribution in [2.45, 2.75) is 13.1 Å². The van der Waals surface area contributed by atoms with Crippen LogP contribution in [0.1, 0.15) is 11.1 Å². The van der Waals surface area contributed by atoms with Crippen molar-refractivity contribution in [3.8, 4) is 5.75 Å². The molecular weight excluding hydrogens is 284 g/mol. The lowest BCUT2D eigenvalue weighted by molar-refractivity contribution is 0.246. The molecule has 2 atom stereocenters. The first-order chi connectivity index (χ1) is 11.3. The fourth-order valence-corrected chi connectivity index (χ4v) is 4.15. The second-order valence-corrected chi connectivity index (χ2v) is 7.06. The number of likely N-dealkylation sites (tertiary alicyclic amines) is 2. The zero-order valence-electron chi connectivity index (χ0n) is 13.4. The Labute approximate surface area is 138 Å². The molecule has 2 aliphatic rings. The number of hydrogen-bond acceptors (Lipinski definition) is 3. The summed E-state index contributed by atoms with van der Waals surface area (Å²) in [5.74, 6) is 1.98. The van der Waals surface area contributed by atoms with Crippen LogP contribution < -0.4 is 0 Å². The molecule has 4 rings (SSSR count). The minimum atomic E-state index is 0.351. The van der Waals surface area contributed by atoms with E-state index < -0.39 is 0 Å². The predicted molar refractivity (Wildman–Crippen MR) is 92.1 cm³/mol.